The van der Waals surface area contributed by atoms with E-state index < -0.39 is 0 Å². The molecule has 21 heavy (non-hydrogen) atoms. The van der Waals surface area contributed by atoms with Gasteiger partial charge in [0.1, 0.15) is 0 Å². The van der Waals surface area contributed by atoms with Crippen molar-refractivity contribution < 1.29 is 4.79 Å². The lowest BCUT2D eigenvalue weighted by molar-refractivity contribution is 0.102. The maximum atomic E-state index is 12.2. The zero-order valence-corrected chi connectivity index (χ0v) is 12.4. The van der Waals surface area contributed by atoms with Crippen molar-refractivity contribution in [1.29, 1.82) is 0 Å². The van der Waals surface area contributed by atoms with Gasteiger partial charge in [0.2, 0.25) is 0 Å². The molecule has 4 heteroatoms. The SMILES string of the molecule is CCCCc1cc(C(=O)Nc2ccccc2)cc(=O)n1C. The van der Waals surface area contributed by atoms with Crippen molar-refractivity contribution >= 4 is 11.6 Å². The highest BCUT2D eigenvalue weighted by molar-refractivity contribution is 6.04. The summed E-state index contributed by atoms with van der Waals surface area (Å²) < 4.78 is 1.61. The number of nitrogens with zero attached hydrogens (tertiary/aromatic N) is 1. The van der Waals surface area contributed by atoms with Crippen LogP contribution in [0.2, 0.25) is 0 Å². The molecule has 0 fully saturated rings. The molecule has 4 nitrogen and oxygen atoms in total. The highest BCUT2D eigenvalue weighted by Crippen LogP contribution is 2.10. The second kappa shape index (κ2) is 6.88. The molecule has 0 atom stereocenters. The van der Waals surface area contributed by atoms with Gasteiger partial charge in [-0.2, -0.15) is 0 Å². The van der Waals surface area contributed by atoms with E-state index >= 15 is 0 Å². The number of rotatable bonds is 5. The third-order valence-electron chi connectivity index (χ3n) is 3.44. The summed E-state index contributed by atoms with van der Waals surface area (Å²) in [7, 11) is 1.74. The summed E-state index contributed by atoms with van der Waals surface area (Å²) in [6.07, 6.45) is 2.85. The second-order valence-corrected chi connectivity index (χ2v) is 5.06. The predicted octanol–water partition coefficient (Wildman–Crippen LogP) is 2.98. The van der Waals surface area contributed by atoms with Gasteiger partial charge >= 0.3 is 0 Å². The minimum Gasteiger partial charge on any atom is -0.322 e. The largest absolute Gasteiger partial charge is 0.322 e. The van der Waals surface area contributed by atoms with E-state index in [1.807, 2.05) is 30.3 Å². The highest BCUT2D eigenvalue weighted by atomic mass is 16.2. The zero-order chi connectivity index (χ0) is 15.2. The number of para-hydroxylation sites is 1. The van der Waals surface area contributed by atoms with Crippen LogP contribution in [0.1, 0.15) is 35.8 Å². The molecule has 0 spiro atoms. The van der Waals surface area contributed by atoms with Crippen molar-refractivity contribution in [2.45, 2.75) is 26.2 Å². The average Bonchev–Trinajstić information content (AvgIpc) is 2.49. The Hall–Kier alpha value is -2.36. The quantitative estimate of drug-likeness (QED) is 0.917. The third-order valence-corrected chi connectivity index (χ3v) is 3.44. The first-order chi connectivity index (χ1) is 10.1. The first-order valence-electron chi connectivity index (χ1n) is 7.18. The Morgan fingerprint density at radius 1 is 1.19 bits per heavy atom. The molecule has 0 radical (unpaired) electrons. The third kappa shape index (κ3) is 3.81. The van der Waals surface area contributed by atoms with Crippen LogP contribution in [0.3, 0.4) is 0 Å². The first kappa shape index (κ1) is 15.0. The van der Waals surface area contributed by atoms with Crippen molar-refractivity contribution in [2.75, 3.05) is 5.32 Å². The van der Waals surface area contributed by atoms with Crippen LogP contribution in [-0.4, -0.2) is 10.5 Å². The van der Waals surface area contributed by atoms with Gasteiger partial charge in [-0.1, -0.05) is 31.5 Å². The molecule has 2 rings (SSSR count). The molecule has 0 aliphatic carbocycles. The molecule has 1 heterocycles. The molecule has 1 aromatic heterocycles. The van der Waals surface area contributed by atoms with Gasteiger partial charge < -0.3 is 9.88 Å². The molecular weight excluding hydrogens is 264 g/mol. The topological polar surface area (TPSA) is 51.1 Å². The van der Waals surface area contributed by atoms with Gasteiger partial charge in [0.25, 0.3) is 11.5 Å². The summed E-state index contributed by atoms with van der Waals surface area (Å²) >= 11 is 0. The maximum absolute atomic E-state index is 12.2. The molecule has 1 aromatic carbocycles. The number of aromatic nitrogens is 1. The summed E-state index contributed by atoms with van der Waals surface area (Å²) in [5.41, 5.74) is 1.87. The molecule has 0 aliphatic heterocycles. The summed E-state index contributed by atoms with van der Waals surface area (Å²) in [6.45, 7) is 2.10. The number of carbonyl (C=O) groups excluding carboxylic acids is 1. The van der Waals surface area contributed by atoms with E-state index in [0.29, 0.717) is 5.56 Å². The van der Waals surface area contributed by atoms with Crippen LogP contribution < -0.4 is 10.9 Å². The lowest BCUT2D eigenvalue weighted by atomic mass is 10.1. The Bertz CT molecular complexity index is 675. The molecule has 2 aromatic rings. The van der Waals surface area contributed by atoms with Crippen LogP contribution in [0, 0.1) is 0 Å². The summed E-state index contributed by atoms with van der Waals surface area (Å²) in [5.74, 6) is -0.253. The van der Waals surface area contributed by atoms with E-state index in [2.05, 4.69) is 12.2 Å². The van der Waals surface area contributed by atoms with Crippen LogP contribution in [0.5, 0.6) is 0 Å². The number of nitrogens with one attached hydrogen (secondary N) is 1. The van der Waals surface area contributed by atoms with Gasteiger partial charge in [0.05, 0.1) is 0 Å². The number of anilines is 1. The van der Waals surface area contributed by atoms with E-state index in [-0.39, 0.29) is 11.5 Å². The Labute approximate surface area is 124 Å². The average molecular weight is 284 g/mol. The van der Waals surface area contributed by atoms with Gasteiger partial charge in [-0.15, -0.1) is 0 Å². The van der Waals surface area contributed by atoms with Crippen LogP contribution in [0.25, 0.3) is 0 Å². The minimum atomic E-state index is -0.253. The van der Waals surface area contributed by atoms with Crippen LogP contribution in [0.15, 0.2) is 47.3 Å². The van der Waals surface area contributed by atoms with E-state index in [0.717, 1.165) is 30.6 Å². The van der Waals surface area contributed by atoms with Crippen molar-refractivity contribution in [3.05, 3.63) is 64.1 Å². The first-order valence-corrected chi connectivity index (χ1v) is 7.18. The highest BCUT2D eigenvalue weighted by Gasteiger charge is 2.10. The number of pyridine rings is 1. The normalized spacial score (nSPS) is 10.4. The Kier molecular flexibility index (Phi) is 4.93. The van der Waals surface area contributed by atoms with Gasteiger partial charge in [0.15, 0.2) is 0 Å². The lowest BCUT2D eigenvalue weighted by Gasteiger charge is -2.10. The fraction of sp³-hybridized carbons (Fsp3) is 0.294. The molecule has 1 amide bonds. The molecular formula is C17H20N2O2. The molecule has 0 saturated heterocycles. The van der Waals surface area contributed by atoms with Crippen molar-refractivity contribution in [3.63, 3.8) is 0 Å². The summed E-state index contributed by atoms with van der Waals surface area (Å²) in [6, 6.07) is 12.4. The second-order valence-electron chi connectivity index (χ2n) is 5.06. The smallest absolute Gasteiger partial charge is 0.255 e. The molecule has 1 N–H and O–H groups in total. The summed E-state index contributed by atoms with van der Waals surface area (Å²) in [4.78, 5) is 24.2. The number of hydrogen-bond acceptors (Lipinski definition) is 2. The van der Waals surface area contributed by atoms with E-state index in [4.69, 9.17) is 0 Å². The van der Waals surface area contributed by atoms with Crippen molar-refractivity contribution in [2.24, 2.45) is 7.05 Å². The number of amides is 1. The molecule has 0 aliphatic rings. The standard InChI is InChI=1S/C17H20N2O2/c1-3-4-10-15-11-13(12-16(20)19(15)2)17(21)18-14-8-6-5-7-9-14/h5-9,11-12H,3-4,10H2,1-2H3,(H,18,21). The zero-order valence-electron chi connectivity index (χ0n) is 12.4. The van der Waals surface area contributed by atoms with E-state index in [9.17, 15) is 9.59 Å². The van der Waals surface area contributed by atoms with Crippen LogP contribution in [0.4, 0.5) is 5.69 Å². The van der Waals surface area contributed by atoms with Gasteiger partial charge in [0, 0.05) is 30.1 Å². The van der Waals surface area contributed by atoms with Crippen LogP contribution in [-0.2, 0) is 13.5 Å². The lowest BCUT2D eigenvalue weighted by Crippen LogP contribution is -2.23. The maximum Gasteiger partial charge on any atom is 0.255 e. The fourth-order valence-corrected chi connectivity index (χ4v) is 2.14. The fourth-order valence-electron chi connectivity index (χ4n) is 2.14. The van der Waals surface area contributed by atoms with Gasteiger partial charge in [-0.25, -0.2) is 0 Å². The Morgan fingerprint density at radius 2 is 1.90 bits per heavy atom. The minimum absolute atomic E-state index is 0.151. The van der Waals surface area contributed by atoms with E-state index in [1.54, 1.807) is 17.7 Å². The van der Waals surface area contributed by atoms with Crippen molar-refractivity contribution in [1.82, 2.24) is 4.57 Å². The predicted molar refractivity (Wildman–Crippen MR) is 84.7 cm³/mol. The number of aryl methyl sites for hydroxylation is 1. The molecule has 110 valence electrons. The van der Waals surface area contributed by atoms with Gasteiger partial charge in [-0.05, 0) is 31.0 Å². The molecule has 0 bridgehead atoms. The number of carbonyl (C=O) groups is 1. The number of benzene rings is 1. The molecule has 0 unspecified atom stereocenters. The number of unbranched alkanes of at least 4 members (excludes halogenated alkanes) is 1. The Balaban J connectivity index is 2.25. The summed E-state index contributed by atoms with van der Waals surface area (Å²) in [5, 5.41) is 2.80. The Morgan fingerprint density at radius 3 is 2.57 bits per heavy atom. The molecule has 0 saturated carbocycles. The van der Waals surface area contributed by atoms with Gasteiger partial charge in [-0.3, -0.25) is 9.59 Å². The number of hydrogen-bond donors (Lipinski definition) is 1. The monoisotopic (exact) mass is 284 g/mol. The van der Waals surface area contributed by atoms with Crippen LogP contribution >= 0.6 is 0 Å². The van der Waals surface area contributed by atoms with E-state index in [1.165, 1.54) is 6.07 Å². The van der Waals surface area contributed by atoms with Crippen molar-refractivity contribution in [3.8, 4) is 0 Å².